The van der Waals surface area contributed by atoms with Gasteiger partial charge in [0.1, 0.15) is 6.07 Å². The summed E-state index contributed by atoms with van der Waals surface area (Å²) >= 11 is 0. The molecule has 0 bridgehead atoms. The van der Waals surface area contributed by atoms with Gasteiger partial charge in [0.15, 0.2) is 5.82 Å². The van der Waals surface area contributed by atoms with E-state index in [-0.39, 0.29) is 0 Å². The van der Waals surface area contributed by atoms with E-state index in [4.69, 9.17) is 5.26 Å². The molecule has 1 fully saturated rings. The van der Waals surface area contributed by atoms with Gasteiger partial charge in [-0.1, -0.05) is 0 Å². The summed E-state index contributed by atoms with van der Waals surface area (Å²) in [7, 11) is 0. The van der Waals surface area contributed by atoms with Crippen molar-refractivity contribution < 1.29 is 0 Å². The highest BCUT2D eigenvalue weighted by atomic mass is 15.3. The van der Waals surface area contributed by atoms with E-state index < -0.39 is 0 Å². The van der Waals surface area contributed by atoms with Gasteiger partial charge >= 0.3 is 0 Å². The monoisotopic (exact) mass is 245 g/mol. The van der Waals surface area contributed by atoms with Crippen LogP contribution in [0, 0.1) is 11.3 Å². The molecule has 0 aromatic carbocycles. The minimum absolute atomic E-state index is 0.302. The fraction of sp³-hybridized carbons (Fsp3) is 0.615. The summed E-state index contributed by atoms with van der Waals surface area (Å²) in [5.41, 5.74) is 0.594. The molecule has 0 aliphatic carbocycles. The second-order valence-corrected chi connectivity index (χ2v) is 4.92. The third-order valence-electron chi connectivity index (χ3n) is 3.30. The van der Waals surface area contributed by atoms with Gasteiger partial charge in [-0.2, -0.15) is 10.4 Å². The lowest BCUT2D eigenvalue weighted by atomic mass is 10.1. The average molecular weight is 245 g/mol. The van der Waals surface area contributed by atoms with E-state index in [9.17, 15) is 0 Å². The van der Waals surface area contributed by atoms with Crippen molar-refractivity contribution in [2.45, 2.75) is 38.8 Å². The van der Waals surface area contributed by atoms with Crippen molar-refractivity contribution in [3.05, 3.63) is 17.8 Å². The van der Waals surface area contributed by atoms with Gasteiger partial charge < -0.3 is 10.2 Å². The molecule has 1 aromatic heterocycles. The maximum absolute atomic E-state index is 9.15. The zero-order valence-electron chi connectivity index (χ0n) is 10.9. The van der Waals surface area contributed by atoms with Crippen molar-refractivity contribution >= 4 is 5.82 Å². The third kappa shape index (κ3) is 2.77. The van der Waals surface area contributed by atoms with E-state index >= 15 is 0 Å². The van der Waals surface area contributed by atoms with E-state index in [1.165, 1.54) is 12.8 Å². The molecule has 5 heteroatoms. The van der Waals surface area contributed by atoms with Crippen LogP contribution in [0.25, 0.3) is 0 Å². The molecule has 0 radical (unpaired) electrons. The third-order valence-corrected chi connectivity index (χ3v) is 3.30. The minimum atomic E-state index is 0.302. The molecule has 5 nitrogen and oxygen atoms in total. The van der Waals surface area contributed by atoms with Crippen molar-refractivity contribution in [3.8, 4) is 6.07 Å². The van der Waals surface area contributed by atoms with Gasteiger partial charge in [0, 0.05) is 18.6 Å². The Labute approximate surface area is 108 Å². The van der Waals surface area contributed by atoms with Gasteiger partial charge in [-0.15, -0.1) is 5.10 Å². The first-order valence-corrected chi connectivity index (χ1v) is 6.44. The van der Waals surface area contributed by atoms with E-state index in [1.807, 2.05) is 0 Å². The van der Waals surface area contributed by atoms with Crippen molar-refractivity contribution in [2.24, 2.45) is 0 Å². The number of hydrogen-bond donors (Lipinski definition) is 1. The second-order valence-electron chi connectivity index (χ2n) is 4.92. The summed E-state index contributed by atoms with van der Waals surface area (Å²) in [5.74, 6) is 0.698. The summed E-state index contributed by atoms with van der Waals surface area (Å²) in [4.78, 5) is 2.16. The fourth-order valence-electron chi connectivity index (χ4n) is 2.32. The lowest BCUT2D eigenvalue weighted by molar-refractivity contribution is 0.547. The SMILES string of the molecule is CC(C)N(CC1CCCN1)c1nnccc1C#N. The normalized spacial score (nSPS) is 18.9. The lowest BCUT2D eigenvalue weighted by Crippen LogP contribution is -2.42. The summed E-state index contributed by atoms with van der Waals surface area (Å²) < 4.78 is 0. The molecule has 2 rings (SSSR count). The molecule has 2 heterocycles. The Morgan fingerprint density at radius 3 is 3.06 bits per heavy atom. The average Bonchev–Trinajstić information content (AvgIpc) is 2.88. The molecule has 18 heavy (non-hydrogen) atoms. The number of anilines is 1. The lowest BCUT2D eigenvalue weighted by Gasteiger charge is -2.30. The fourth-order valence-corrected chi connectivity index (χ4v) is 2.32. The van der Waals surface area contributed by atoms with Crippen molar-refractivity contribution in [1.29, 1.82) is 5.26 Å². The molecule has 96 valence electrons. The van der Waals surface area contributed by atoms with Crippen molar-refractivity contribution in [3.63, 3.8) is 0 Å². The molecular formula is C13H19N5. The van der Waals surface area contributed by atoms with Crippen LogP contribution in [0.5, 0.6) is 0 Å². The van der Waals surface area contributed by atoms with Crippen LogP contribution in [-0.4, -0.2) is 35.4 Å². The van der Waals surface area contributed by atoms with Crippen LogP contribution in [0.3, 0.4) is 0 Å². The largest absolute Gasteiger partial charge is 0.350 e. The first kappa shape index (κ1) is 12.8. The molecule has 1 aliphatic rings. The van der Waals surface area contributed by atoms with Gasteiger partial charge in [-0.3, -0.25) is 0 Å². The number of hydrogen-bond acceptors (Lipinski definition) is 5. The zero-order valence-corrected chi connectivity index (χ0v) is 10.9. The van der Waals surface area contributed by atoms with Crippen LogP contribution in [0.15, 0.2) is 12.3 Å². The Hall–Kier alpha value is -1.67. The predicted molar refractivity (Wildman–Crippen MR) is 70.3 cm³/mol. The highest BCUT2D eigenvalue weighted by Crippen LogP contribution is 2.20. The molecule has 1 aliphatic heterocycles. The van der Waals surface area contributed by atoms with Gasteiger partial charge in [0.05, 0.1) is 11.8 Å². The number of aromatic nitrogens is 2. The Morgan fingerprint density at radius 2 is 2.44 bits per heavy atom. The Kier molecular flexibility index (Phi) is 4.11. The molecule has 0 spiro atoms. The summed E-state index contributed by atoms with van der Waals surface area (Å²) in [6, 6.07) is 4.70. The maximum Gasteiger partial charge on any atom is 0.169 e. The van der Waals surface area contributed by atoms with E-state index in [2.05, 4.69) is 40.3 Å². The van der Waals surface area contributed by atoms with E-state index in [0.29, 0.717) is 23.5 Å². The molecule has 0 amide bonds. The van der Waals surface area contributed by atoms with Gasteiger partial charge in [-0.05, 0) is 39.3 Å². The van der Waals surface area contributed by atoms with Crippen molar-refractivity contribution in [1.82, 2.24) is 15.5 Å². The van der Waals surface area contributed by atoms with Gasteiger partial charge in [0.2, 0.25) is 0 Å². The standard InChI is InChI=1S/C13H19N5/c1-10(2)18(9-12-4-3-6-15-12)13-11(8-14)5-7-16-17-13/h5,7,10,12,15H,3-4,6,9H2,1-2H3. The first-order chi connectivity index (χ1) is 8.72. The van der Waals surface area contributed by atoms with Crippen LogP contribution < -0.4 is 10.2 Å². The smallest absolute Gasteiger partial charge is 0.169 e. The Balaban J connectivity index is 2.21. The van der Waals surface area contributed by atoms with Crippen molar-refractivity contribution in [2.75, 3.05) is 18.0 Å². The quantitative estimate of drug-likeness (QED) is 0.866. The van der Waals surface area contributed by atoms with Crippen LogP contribution in [0.1, 0.15) is 32.3 Å². The summed E-state index contributed by atoms with van der Waals surface area (Å²) in [6.45, 7) is 6.20. The summed E-state index contributed by atoms with van der Waals surface area (Å²) in [5, 5.41) is 20.7. The topological polar surface area (TPSA) is 64.8 Å². The van der Waals surface area contributed by atoms with E-state index in [0.717, 1.165) is 13.1 Å². The molecule has 1 N–H and O–H groups in total. The number of nitriles is 1. The molecule has 0 saturated carbocycles. The second kappa shape index (κ2) is 5.78. The highest BCUT2D eigenvalue weighted by molar-refractivity contribution is 5.53. The van der Waals surface area contributed by atoms with Gasteiger partial charge in [-0.25, -0.2) is 0 Å². The first-order valence-electron chi connectivity index (χ1n) is 6.44. The van der Waals surface area contributed by atoms with E-state index in [1.54, 1.807) is 12.3 Å². The van der Waals surface area contributed by atoms with Crippen LogP contribution in [0.2, 0.25) is 0 Å². The molecule has 1 atom stereocenters. The molecule has 1 unspecified atom stereocenters. The van der Waals surface area contributed by atoms with Crippen LogP contribution >= 0.6 is 0 Å². The molecular weight excluding hydrogens is 226 g/mol. The van der Waals surface area contributed by atoms with Crippen LogP contribution in [-0.2, 0) is 0 Å². The Morgan fingerprint density at radius 1 is 1.61 bits per heavy atom. The van der Waals surface area contributed by atoms with Gasteiger partial charge in [0.25, 0.3) is 0 Å². The zero-order chi connectivity index (χ0) is 13.0. The summed E-state index contributed by atoms with van der Waals surface area (Å²) in [6.07, 6.45) is 3.97. The molecule has 1 aromatic rings. The molecule has 1 saturated heterocycles. The minimum Gasteiger partial charge on any atom is -0.350 e. The maximum atomic E-state index is 9.15. The number of nitrogens with zero attached hydrogens (tertiary/aromatic N) is 4. The highest BCUT2D eigenvalue weighted by Gasteiger charge is 2.22. The predicted octanol–water partition coefficient (Wildman–Crippen LogP) is 1.32. The number of nitrogens with one attached hydrogen (secondary N) is 1. The Bertz CT molecular complexity index is 431. The van der Waals surface area contributed by atoms with Crippen LogP contribution in [0.4, 0.5) is 5.82 Å². The number of rotatable bonds is 4.